The standard InChI is InChI=1S/C21H26N8/c1-2-5-18(4-1)29-21(25-26-27-29)20(24-9-3-12-28-13-11-22-15-28)17-6-7-19-16(14-17)8-10-23-19/h6-8,10-11,13-15,18,20,23-24H,1-5,9,12H2. The molecule has 4 aromatic rings. The summed E-state index contributed by atoms with van der Waals surface area (Å²) in [6.07, 6.45) is 13.5. The van der Waals surface area contributed by atoms with Gasteiger partial charge in [-0.15, -0.1) is 5.10 Å². The van der Waals surface area contributed by atoms with Crippen LogP contribution in [0.25, 0.3) is 10.9 Å². The zero-order valence-electron chi connectivity index (χ0n) is 16.4. The Labute approximate surface area is 169 Å². The molecule has 150 valence electrons. The topological polar surface area (TPSA) is 89.2 Å². The number of hydrogen-bond donors (Lipinski definition) is 2. The number of nitrogens with one attached hydrogen (secondary N) is 2. The third-order valence-electron chi connectivity index (χ3n) is 5.86. The number of aryl methyl sites for hydroxylation is 1. The quantitative estimate of drug-likeness (QED) is 0.451. The van der Waals surface area contributed by atoms with Crippen LogP contribution >= 0.6 is 0 Å². The van der Waals surface area contributed by atoms with Gasteiger partial charge < -0.3 is 14.9 Å². The summed E-state index contributed by atoms with van der Waals surface area (Å²) in [4.78, 5) is 7.38. The van der Waals surface area contributed by atoms with Crippen molar-refractivity contribution in [2.45, 2.75) is 50.7 Å². The second kappa shape index (κ2) is 8.16. The van der Waals surface area contributed by atoms with Crippen molar-refractivity contribution in [3.8, 4) is 0 Å². The van der Waals surface area contributed by atoms with Gasteiger partial charge in [-0.3, -0.25) is 0 Å². The first-order valence-corrected chi connectivity index (χ1v) is 10.4. The number of H-pyrrole nitrogens is 1. The minimum Gasteiger partial charge on any atom is -0.361 e. The molecular weight excluding hydrogens is 364 g/mol. The van der Waals surface area contributed by atoms with Crippen LogP contribution in [0, 0.1) is 0 Å². The zero-order valence-corrected chi connectivity index (χ0v) is 16.4. The average molecular weight is 390 g/mol. The average Bonchev–Trinajstić information content (AvgIpc) is 3.55. The Morgan fingerprint density at radius 1 is 1.21 bits per heavy atom. The van der Waals surface area contributed by atoms with Crippen molar-refractivity contribution in [2.75, 3.05) is 6.54 Å². The van der Waals surface area contributed by atoms with Crippen molar-refractivity contribution < 1.29 is 0 Å². The molecule has 1 aliphatic carbocycles. The molecule has 1 unspecified atom stereocenters. The molecule has 1 atom stereocenters. The smallest absolute Gasteiger partial charge is 0.173 e. The lowest BCUT2D eigenvalue weighted by atomic mass is 10.0. The molecule has 3 heterocycles. The van der Waals surface area contributed by atoms with Crippen LogP contribution in [0.5, 0.6) is 0 Å². The van der Waals surface area contributed by atoms with Gasteiger partial charge in [0.2, 0.25) is 0 Å². The van der Waals surface area contributed by atoms with Crippen molar-refractivity contribution in [2.24, 2.45) is 0 Å². The maximum absolute atomic E-state index is 4.45. The molecule has 2 N–H and O–H groups in total. The molecule has 1 aromatic carbocycles. The van der Waals surface area contributed by atoms with E-state index in [0.717, 1.165) is 43.7 Å². The Balaban J connectivity index is 1.40. The van der Waals surface area contributed by atoms with Gasteiger partial charge in [-0.25, -0.2) is 9.67 Å². The van der Waals surface area contributed by atoms with E-state index < -0.39 is 0 Å². The van der Waals surface area contributed by atoms with E-state index in [4.69, 9.17) is 0 Å². The molecule has 1 saturated carbocycles. The maximum Gasteiger partial charge on any atom is 0.173 e. The number of fused-ring (bicyclic) bond motifs is 1. The summed E-state index contributed by atoms with van der Waals surface area (Å²) in [5.74, 6) is 0.911. The molecule has 1 fully saturated rings. The summed E-state index contributed by atoms with van der Waals surface area (Å²) < 4.78 is 4.16. The molecule has 0 aliphatic heterocycles. The minimum absolute atomic E-state index is 0.0345. The first-order valence-electron chi connectivity index (χ1n) is 10.4. The molecule has 0 saturated heterocycles. The lowest BCUT2D eigenvalue weighted by Crippen LogP contribution is -2.28. The third-order valence-corrected chi connectivity index (χ3v) is 5.86. The Hall–Kier alpha value is -3.00. The second-order valence-corrected chi connectivity index (χ2v) is 7.79. The fourth-order valence-electron chi connectivity index (χ4n) is 4.34. The van der Waals surface area contributed by atoms with Crippen LogP contribution in [0.1, 0.15) is 55.6 Å². The van der Waals surface area contributed by atoms with Crippen molar-refractivity contribution in [3.63, 3.8) is 0 Å². The van der Waals surface area contributed by atoms with Gasteiger partial charge in [0.15, 0.2) is 5.82 Å². The third kappa shape index (κ3) is 3.80. The first-order chi connectivity index (χ1) is 14.4. The van der Waals surface area contributed by atoms with Crippen molar-refractivity contribution in [1.82, 2.24) is 40.1 Å². The van der Waals surface area contributed by atoms with Crippen LogP contribution < -0.4 is 5.32 Å². The van der Waals surface area contributed by atoms with Gasteiger partial charge in [-0.05, 0) is 65.4 Å². The Bertz CT molecular complexity index is 1040. The summed E-state index contributed by atoms with van der Waals surface area (Å²) in [6, 6.07) is 9.01. The summed E-state index contributed by atoms with van der Waals surface area (Å²) in [5.41, 5.74) is 2.33. The van der Waals surface area contributed by atoms with Gasteiger partial charge in [-0.2, -0.15) is 0 Å². The van der Waals surface area contributed by atoms with Crippen LogP contribution in [-0.2, 0) is 6.54 Å². The lowest BCUT2D eigenvalue weighted by molar-refractivity contribution is 0.415. The van der Waals surface area contributed by atoms with Gasteiger partial charge in [-0.1, -0.05) is 18.9 Å². The van der Waals surface area contributed by atoms with Crippen molar-refractivity contribution in [1.29, 1.82) is 0 Å². The lowest BCUT2D eigenvalue weighted by Gasteiger charge is -2.21. The molecule has 0 spiro atoms. The molecule has 8 nitrogen and oxygen atoms in total. The van der Waals surface area contributed by atoms with Gasteiger partial charge in [0, 0.05) is 30.7 Å². The van der Waals surface area contributed by atoms with Gasteiger partial charge in [0.25, 0.3) is 0 Å². The SMILES string of the molecule is c1cn(CCCNC(c2ccc3[nH]ccc3c2)c2nnnn2C2CCCC2)cn1. The van der Waals surface area contributed by atoms with Gasteiger partial charge in [0.05, 0.1) is 18.4 Å². The largest absolute Gasteiger partial charge is 0.361 e. The molecule has 3 aromatic heterocycles. The number of imidazole rings is 1. The highest BCUT2D eigenvalue weighted by molar-refractivity contribution is 5.80. The fraction of sp³-hybridized carbons (Fsp3) is 0.429. The normalized spacial score (nSPS) is 16.0. The monoisotopic (exact) mass is 390 g/mol. The number of aromatic nitrogens is 7. The first kappa shape index (κ1) is 18.1. The van der Waals surface area contributed by atoms with E-state index in [0.29, 0.717) is 6.04 Å². The van der Waals surface area contributed by atoms with E-state index in [9.17, 15) is 0 Å². The number of nitrogens with zero attached hydrogens (tertiary/aromatic N) is 6. The number of aromatic amines is 1. The van der Waals surface area contributed by atoms with Crippen LogP contribution in [-0.4, -0.2) is 41.3 Å². The summed E-state index contributed by atoms with van der Waals surface area (Å²) in [5, 5.41) is 17.8. The number of rotatable bonds is 8. The van der Waals surface area contributed by atoms with Crippen LogP contribution in [0.3, 0.4) is 0 Å². The van der Waals surface area contributed by atoms with E-state index in [1.54, 1.807) is 0 Å². The Morgan fingerprint density at radius 3 is 3.00 bits per heavy atom. The van der Waals surface area contributed by atoms with E-state index in [2.05, 4.69) is 64.3 Å². The van der Waals surface area contributed by atoms with Gasteiger partial charge in [0.1, 0.15) is 0 Å². The fourth-order valence-corrected chi connectivity index (χ4v) is 4.34. The number of tetrazole rings is 1. The minimum atomic E-state index is -0.0345. The van der Waals surface area contributed by atoms with Crippen LogP contribution in [0.15, 0.2) is 49.2 Å². The number of hydrogen-bond acceptors (Lipinski definition) is 5. The molecular formula is C21H26N8. The predicted molar refractivity (Wildman–Crippen MR) is 110 cm³/mol. The van der Waals surface area contributed by atoms with E-state index in [1.165, 1.54) is 23.8 Å². The zero-order chi connectivity index (χ0) is 19.5. The second-order valence-electron chi connectivity index (χ2n) is 7.79. The maximum atomic E-state index is 4.45. The predicted octanol–water partition coefficient (Wildman–Crippen LogP) is 3.24. The van der Waals surface area contributed by atoms with Crippen LogP contribution in [0.2, 0.25) is 0 Å². The van der Waals surface area contributed by atoms with Crippen LogP contribution in [0.4, 0.5) is 0 Å². The van der Waals surface area contributed by atoms with E-state index in [1.807, 2.05) is 24.9 Å². The molecule has 1 aliphatic rings. The van der Waals surface area contributed by atoms with E-state index >= 15 is 0 Å². The van der Waals surface area contributed by atoms with Crippen molar-refractivity contribution >= 4 is 10.9 Å². The molecule has 8 heteroatoms. The number of benzene rings is 1. The highest BCUT2D eigenvalue weighted by Gasteiger charge is 2.27. The summed E-state index contributed by atoms with van der Waals surface area (Å²) in [6.45, 7) is 1.80. The molecule has 0 radical (unpaired) electrons. The summed E-state index contributed by atoms with van der Waals surface area (Å²) in [7, 11) is 0. The molecule has 0 amide bonds. The van der Waals surface area contributed by atoms with E-state index in [-0.39, 0.29) is 6.04 Å². The van der Waals surface area contributed by atoms with Gasteiger partial charge >= 0.3 is 0 Å². The Morgan fingerprint density at radius 2 is 2.14 bits per heavy atom. The molecule has 5 rings (SSSR count). The highest BCUT2D eigenvalue weighted by atomic mass is 15.6. The molecule has 0 bridgehead atoms. The molecule has 29 heavy (non-hydrogen) atoms. The summed E-state index contributed by atoms with van der Waals surface area (Å²) >= 11 is 0. The Kier molecular flexibility index (Phi) is 5.08. The van der Waals surface area contributed by atoms with Crippen molar-refractivity contribution in [3.05, 3.63) is 60.6 Å². The highest BCUT2D eigenvalue weighted by Crippen LogP contribution is 2.32.